The van der Waals surface area contributed by atoms with E-state index in [-0.39, 0.29) is 6.29 Å². The summed E-state index contributed by atoms with van der Waals surface area (Å²) in [6.07, 6.45) is 2.39. The number of oxazole rings is 1. The van der Waals surface area contributed by atoms with Crippen LogP contribution in [-0.2, 0) is 4.79 Å². The van der Waals surface area contributed by atoms with Crippen LogP contribution >= 0.6 is 0 Å². The van der Waals surface area contributed by atoms with Gasteiger partial charge in [-0.25, -0.2) is 9.37 Å². The van der Waals surface area contributed by atoms with Gasteiger partial charge in [0.1, 0.15) is 12.0 Å². The van der Waals surface area contributed by atoms with Gasteiger partial charge in [0, 0.05) is 13.0 Å². The van der Waals surface area contributed by atoms with Crippen LogP contribution in [0.5, 0.6) is 0 Å². The predicted molar refractivity (Wildman–Crippen MR) is 36.4 cm³/mol. The van der Waals surface area contributed by atoms with E-state index in [0.29, 0.717) is 11.6 Å². The first kappa shape index (κ1) is 7.65. The highest BCUT2D eigenvalue weighted by Crippen LogP contribution is 2.05. The summed E-state index contributed by atoms with van der Waals surface area (Å²) in [6, 6.07) is 0. The number of aryl methyl sites for hydroxylation is 1. The maximum absolute atomic E-state index is 12.2. The van der Waals surface area contributed by atoms with Gasteiger partial charge in [-0.3, -0.25) is 4.79 Å². The molecule has 0 amide bonds. The van der Waals surface area contributed by atoms with Crippen LogP contribution in [0, 0.1) is 6.92 Å². The lowest BCUT2D eigenvalue weighted by molar-refractivity contribution is -0.106. The molecule has 0 aromatic carbocycles. The van der Waals surface area contributed by atoms with Crippen molar-refractivity contribution < 1.29 is 13.6 Å². The fourth-order valence-electron chi connectivity index (χ4n) is 0.622. The van der Waals surface area contributed by atoms with Crippen molar-refractivity contribution in [3.8, 4) is 0 Å². The molecule has 0 unspecified atom stereocenters. The van der Waals surface area contributed by atoms with E-state index >= 15 is 0 Å². The van der Waals surface area contributed by atoms with Crippen LogP contribution < -0.4 is 0 Å². The fourth-order valence-corrected chi connectivity index (χ4v) is 0.622. The highest BCUT2D eigenvalue weighted by atomic mass is 19.1. The molecule has 58 valence electrons. The van der Waals surface area contributed by atoms with Gasteiger partial charge in [-0.2, -0.15) is 0 Å². The number of rotatable bonds is 2. The second kappa shape index (κ2) is 3.09. The Morgan fingerprint density at radius 1 is 1.82 bits per heavy atom. The average Bonchev–Trinajstić information content (AvgIpc) is 2.35. The van der Waals surface area contributed by atoms with Crippen molar-refractivity contribution in [2.75, 3.05) is 0 Å². The first-order chi connectivity index (χ1) is 5.22. The van der Waals surface area contributed by atoms with Crippen LogP contribution in [0.1, 0.15) is 11.6 Å². The van der Waals surface area contributed by atoms with Gasteiger partial charge < -0.3 is 4.42 Å². The van der Waals surface area contributed by atoms with E-state index in [1.54, 1.807) is 6.92 Å². The quantitative estimate of drug-likeness (QED) is 0.480. The largest absolute Gasteiger partial charge is 0.449 e. The summed E-state index contributed by atoms with van der Waals surface area (Å²) in [5.41, 5.74) is 0.312. The lowest BCUT2D eigenvalue weighted by Gasteiger charge is -1.78. The van der Waals surface area contributed by atoms with Crippen molar-refractivity contribution >= 4 is 12.4 Å². The van der Waals surface area contributed by atoms with Gasteiger partial charge in [-0.15, -0.1) is 0 Å². The number of hydrogen-bond donors (Lipinski definition) is 0. The summed E-state index contributed by atoms with van der Waals surface area (Å²) in [6.45, 7) is 1.64. The van der Waals surface area contributed by atoms with Crippen molar-refractivity contribution in [3.05, 3.63) is 23.7 Å². The topological polar surface area (TPSA) is 43.1 Å². The van der Waals surface area contributed by atoms with Gasteiger partial charge in [-0.05, 0) is 0 Å². The van der Waals surface area contributed by atoms with E-state index in [9.17, 15) is 9.18 Å². The molecule has 1 aromatic heterocycles. The van der Waals surface area contributed by atoms with Crippen molar-refractivity contribution in [1.29, 1.82) is 0 Å². The maximum Gasteiger partial charge on any atom is 0.191 e. The van der Waals surface area contributed by atoms with E-state index < -0.39 is 5.83 Å². The van der Waals surface area contributed by atoms with Gasteiger partial charge in [0.05, 0.1) is 0 Å². The molecule has 0 spiro atoms. The summed E-state index contributed by atoms with van der Waals surface area (Å²) in [5.74, 6) is -0.423. The fraction of sp³-hybridized carbons (Fsp3) is 0.143. The van der Waals surface area contributed by atoms with Crippen LogP contribution in [0.4, 0.5) is 4.39 Å². The molecule has 0 bridgehead atoms. The third-order valence-electron chi connectivity index (χ3n) is 1.04. The Balaban J connectivity index is 2.86. The number of carbonyl (C=O) groups excluding carboxylic acids is 1. The predicted octanol–water partition coefficient (Wildman–Crippen LogP) is 1.49. The van der Waals surface area contributed by atoms with Gasteiger partial charge in [0.25, 0.3) is 0 Å². The molecular formula is C7H6FNO2. The first-order valence-electron chi connectivity index (χ1n) is 2.97. The number of aromatic nitrogens is 1. The molecule has 0 saturated heterocycles. The summed E-state index contributed by atoms with van der Waals surface area (Å²) >= 11 is 0. The molecule has 1 aromatic rings. The number of nitrogens with zero attached hydrogens (tertiary/aromatic N) is 1. The van der Waals surface area contributed by atoms with E-state index in [4.69, 9.17) is 4.42 Å². The first-order valence-corrected chi connectivity index (χ1v) is 2.97. The number of carbonyl (C=O) groups is 1. The molecular weight excluding hydrogens is 149 g/mol. The smallest absolute Gasteiger partial charge is 0.191 e. The standard InChI is InChI=1S/C7H6FNO2/c1-5-9-7(4-11-5)2-6(8)3-10/h2-4H,1H3. The zero-order chi connectivity index (χ0) is 8.27. The molecule has 0 atom stereocenters. The third-order valence-corrected chi connectivity index (χ3v) is 1.04. The highest BCUT2D eigenvalue weighted by molar-refractivity contribution is 5.77. The minimum absolute atomic E-state index is 0.115. The summed E-state index contributed by atoms with van der Waals surface area (Å²) in [5, 5.41) is 0. The lowest BCUT2D eigenvalue weighted by Crippen LogP contribution is -1.76. The van der Waals surface area contributed by atoms with Crippen molar-refractivity contribution in [3.63, 3.8) is 0 Å². The number of aldehydes is 1. The molecule has 0 N–H and O–H groups in total. The minimum Gasteiger partial charge on any atom is -0.449 e. The van der Waals surface area contributed by atoms with Gasteiger partial charge in [0.2, 0.25) is 0 Å². The van der Waals surface area contributed by atoms with Crippen LogP contribution in [0.25, 0.3) is 6.08 Å². The Bertz CT molecular complexity index is 290. The summed E-state index contributed by atoms with van der Waals surface area (Å²) in [4.78, 5) is 13.6. The zero-order valence-corrected chi connectivity index (χ0v) is 5.87. The molecule has 0 aliphatic carbocycles. The lowest BCUT2D eigenvalue weighted by atomic mass is 10.4. The van der Waals surface area contributed by atoms with Crippen LogP contribution in [0.2, 0.25) is 0 Å². The highest BCUT2D eigenvalue weighted by Gasteiger charge is 1.97. The molecule has 0 aliphatic rings. The Labute approximate surface area is 62.5 Å². The van der Waals surface area contributed by atoms with Crippen molar-refractivity contribution in [1.82, 2.24) is 4.98 Å². The molecule has 1 rings (SSSR count). The Morgan fingerprint density at radius 3 is 3.00 bits per heavy atom. The van der Waals surface area contributed by atoms with E-state index in [1.165, 1.54) is 6.26 Å². The van der Waals surface area contributed by atoms with E-state index in [1.807, 2.05) is 0 Å². The molecule has 4 heteroatoms. The Hall–Kier alpha value is -1.45. The normalized spacial score (nSPS) is 11.6. The van der Waals surface area contributed by atoms with Crippen LogP contribution in [-0.4, -0.2) is 11.3 Å². The average molecular weight is 155 g/mol. The minimum atomic E-state index is -0.863. The van der Waals surface area contributed by atoms with Crippen molar-refractivity contribution in [2.24, 2.45) is 0 Å². The number of allylic oxidation sites excluding steroid dienone is 1. The number of hydrogen-bond acceptors (Lipinski definition) is 3. The molecule has 0 fully saturated rings. The van der Waals surface area contributed by atoms with Gasteiger partial charge in [0.15, 0.2) is 18.0 Å². The van der Waals surface area contributed by atoms with E-state index in [2.05, 4.69) is 4.98 Å². The van der Waals surface area contributed by atoms with Crippen molar-refractivity contribution in [2.45, 2.75) is 6.92 Å². The number of halogens is 1. The maximum atomic E-state index is 12.2. The molecule has 0 saturated carbocycles. The summed E-state index contributed by atoms with van der Waals surface area (Å²) < 4.78 is 17.0. The van der Waals surface area contributed by atoms with Crippen LogP contribution in [0.15, 0.2) is 16.5 Å². The summed E-state index contributed by atoms with van der Waals surface area (Å²) in [7, 11) is 0. The molecule has 11 heavy (non-hydrogen) atoms. The second-order valence-corrected chi connectivity index (χ2v) is 1.94. The molecule has 1 heterocycles. The molecule has 0 aliphatic heterocycles. The second-order valence-electron chi connectivity index (χ2n) is 1.94. The SMILES string of the molecule is Cc1nc(C=C(F)C=O)co1. The Kier molecular flexibility index (Phi) is 2.15. The third kappa shape index (κ3) is 2.00. The van der Waals surface area contributed by atoms with Gasteiger partial charge in [-0.1, -0.05) is 0 Å². The van der Waals surface area contributed by atoms with Gasteiger partial charge >= 0.3 is 0 Å². The molecule has 0 radical (unpaired) electrons. The monoisotopic (exact) mass is 155 g/mol. The zero-order valence-electron chi connectivity index (χ0n) is 5.87. The van der Waals surface area contributed by atoms with Crippen LogP contribution in [0.3, 0.4) is 0 Å². The molecule has 3 nitrogen and oxygen atoms in total. The van der Waals surface area contributed by atoms with E-state index in [0.717, 1.165) is 6.08 Å². The Morgan fingerprint density at radius 2 is 2.55 bits per heavy atom.